The van der Waals surface area contributed by atoms with Gasteiger partial charge < -0.3 is 0 Å². The van der Waals surface area contributed by atoms with Crippen LogP contribution in [0.5, 0.6) is 0 Å². The van der Waals surface area contributed by atoms with Gasteiger partial charge in [0.05, 0.1) is 6.21 Å². The summed E-state index contributed by atoms with van der Waals surface area (Å²) in [7, 11) is 0. The molecule has 0 heterocycles. The normalized spacial score (nSPS) is 29.0. The number of rotatable bonds is 3. The highest BCUT2D eigenvalue weighted by molar-refractivity contribution is 6.30. The molecule has 1 amide bonds. The Hall–Kier alpha value is -1.35. The standard InChI is InChI=1S/C15H17ClN2O/c16-11-7-5-10(6-8-11)9-17-18-15(19)14-12-3-1-2-4-13(12)14/h5-9,12-14H,1-4H2,(H,18,19). The number of benzene rings is 1. The maximum Gasteiger partial charge on any atom is 0.243 e. The molecule has 2 unspecified atom stereocenters. The highest BCUT2D eigenvalue weighted by Crippen LogP contribution is 2.55. The van der Waals surface area contributed by atoms with Crippen LogP contribution >= 0.6 is 11.6 Å². The zero-order valence-electron chi connectivity index (χ0n) is 10.7. The molecule has 1 aromatic carbocycles. The van der Waals surface area contributed by atoms with Crippen LogP contribution in [-0.2, 0) is 4.79 Å². The lowest BCUT2D eigenvalue weighted by atomic mass is 10.0. The number of nitrogens with zero attached hydrogens (tertiary/aromatic N) is 1. The van der Waals surface area contributed by atoms with Crippen molar-refractivity contribution in [1.29, 1.82) is 0 Å². The predicted octanol–water partition coefficient (Wildman–Crippen LogP) is 3.23. The van der Waals surface area contributed by atoms with Gasteiger partial charge in [-0.1, -0.05) is 36.6 Å². The van der Waals surface area contributed by atoms with Gasteiger partial charge in [-0.15, -0.1) is 0 Å². The molecule has 2 fully saturated rings. The van der Waals surface area contributed by atoms with Gasteiger partial charge in [-0.25, -0.2) is 5.43 Å². The summed E-state index contributed by atoms with van der Waals surface area (Å²) in [5, 5.41) is 4.72. The van der Waals surface area contributed by atoms with E-state index in [2.05, 4.69) is 10.5 Å². The monoisotopic (exact) mass is 276 g/mol. The van der Waals surface area contributed by atoms with Crippen LogP contribution in [0.2, 0.25) is 5.02 Å². The van der Waals surface area contributed by atoms with E-state index in [-0.39, 0.29) is 11.8 Å². The van der Waals surface area contributed by atoms with Crippen LogP contribution in [0, 0.1) is 17.8 Å². The number of halogens is 1. The molecule has 2 saturated carbocycles. The lowest BCUT2D eigenvalue weighted by molar-refractivity contribution is -0.122. The molecular weight excluding hydrogens is 260 g/mol. The lowest BCUT2D eigenvalue weighted by Crippen LogP contribution is -2.20. The Morgan fingerprint density at radius 3 is 2.47 bits per heavy atom. The summed E-state index contributed by atoms with van der Waals surface area (Å²) < 4.78 is 0. The minimum atomic E-state index is 0.0853. The summed E-state index contributed by atoms with van der Waals surface area (Å²) in [5.74, 6) is 1.55. The third-order valence-electron chi connectivity index (χ3n) is 4.22. The smallest absolute Gasteiger partial charge is 0.243 e. The van der Waals surface area contributed by atoms with E-state index < -0.39 is 0 Å². The van der Waals surface area contributed by atoms with Gasteiger partial charge in [-0.05, 0) is 42.4 Å². The average molecular weight is 277 g/mol. The van der Waals surface area contributed by atoms with Crippen molar-refractivity contribution in [1.82, 2.24) is 5.43 Å². The van der Waals surface area contributed by atoms with Gasteiger partial charge in [-0.3, -0.25) is 4.79 Å². The second kappa shape index (κ2) is 5.33. The van der Waals surface area contributed by atoms with Crippen molar-refractivity contribution >= 4 is 23.7 Å². The summed E-state index contributed by atoms with van der Waals surface area (Å²) in [4.78, 5) is 12.0. The predicted molar refractivity (Wildman–Crippen MR) is 76.1 cm³/mol. The van der Waals surface area contributed by atoms with Crippen LogP contribution in [0.1, 0.15) is 31.2 Å². The Balaban J connectivity index is 1.52. The molecule has 19 heavy (non-hydrogen) atoms. The topological polar surface area (TPSA) is 41.5 Å². The van der Waals surface area contributed by atoms with Crippen molar-refractivity contribution in [3.05, 3.63) is 34.9 Å². The molecule has 1 aromatic rings. The van der Waals surface area contributed by atoms with Crippen LogP contribution in [0.15, 0.2) is 29.4 Å². The Bertz CT molecular complexity index is 485. The molecule has 1 N–H and O–H groups in total. The quantitative estimate of drug-likeness (QED) is 0.668. The number of hydrogen-bond acceptors (Lipinski definition) is 2. The van der Waals surface area contributed by atoms with E-state index in [0.717, 1.165) is 5.56 Å². The number of fused-ring (bicyclic) bond motifs is 1. The van der Waals surface area contributed by atoms with E-state index in [0.29, 0.717) is 16.9 Å². The van der Waals surface area contributed by atoms with Crippen molar-refractivity contribution in [2.24, 2.45) is 22.9 Å². The highest BCUT2D eigenvalue weighted by atomic mass is 35.5. The Morgan fingerprint density at radius 1 is 1.21 bits per heavy atom. The van der Waals surface area contributed by atoms with Crippen LogP contribution < -0.4 is 5.43 Å². The molecule has 2 aliphatic rings. The van der Waals surface area contributed by atoms with Crippen LogP contribution in [0.4, 0.5) is 0 Å². The Kier molecular flexibility index (Phi) is 3.56. The summed E-state index contributed by atoms with van der Waals surface area (Å²) in [6.07, 6.45) is 6.63. The molecule has 0 aromatic heterocycles. The second-order valence-electron chi connectivity index (χ2n) is 5.42. The molecule has 0 radical (unpaired) electrons. The molecule has 4 heteroatoms. The Labute approximate surface area is 118 Å². The molecule has 0 bridgehead atoms. The number of hydrazone groups is 1. The molecule has 100 valence electrons. The summed E-state index contributed by atoms with van der Waals surface area (Å²) in [6.45, 7) is 0. The molecule has 0 spiro atoms. The van der Waals surface area contributed by atoms with E-state index in [4.69, 9.17) is 11.6 Å². The third-order valence-corrected chi connectivity index (χ3v) is 4.47. The first kappa shape index (κ1) is 12.7. The van der Waals surface area contributed by atoms with Crippen molar-refractivity contribution in [3.63, 3.8) is 0 Å². The summed E-state index contributed by atoms with van der Waals surface area (Å²) in [5.41, 5.74) is 3.59. The van der Waals surface area contributed by atoms with Gasteiger partial charge in [0.25, 0.3) is 0 Å². The van der Waals surface area contributed by atoms with Crippen LogP contribution in [0.25, 0.3) is 0 Å². The zero-order valence-corrected chi connectivity index (χ0v) is 11.4. The first-order valence-corrected chi connectivity index (χ1v) is 7.22. The second-order valence-corrected chi connectivity index (χ2v) is 5.86. The van der Waals surface area contributed by atoms with Gasteiger partial charge in [-0.2, -0.15) is 5.10 Å². The van der Waals surface area contributed by atoms with Crippen LogP contribution in [0.3, 0.4) is 0 Å². The van der Waals surface area contributed by atoms with Crippen molar-refractivity contribution in [2.45, 2.75) is 25.7 Å². The molecule has 2 atom stereocenters. The maximum atomic E-state index is 12.0. The fourth-order valence-electron chi connectivity index (χ4n) is 3.18. The van der Waals surface area contributed by atoms with Gasteiger partial charge in [0.2, 0.25) is 5.91 Å². The van der Waals surface area contributed by atoms with Gasteiger partial charge >= 0.3 is 0 Å². The molecule has 3 nitrogen and oxygen atoms in total. The molecular formula is C15H17ClN2O. The zero-order chi connectivity index (χ0) is 13.2. The van der Waals surface area contributed by atoms with Gasteiger partial charge in [0.15, 0.2) is 0 Å². The number of nitrogens with one attached hydrogen (secondary N) is 1. The van der Waals surface area contributed by atoms with Crippen LogP contribution in [-0.4, -0.2) is 12.1 Å². The maximum absolute atomic E-state index is 12.0. The first-order valence-electron chi connectivity index (χ1n) is 6.84. The van der Waals surface area contributed by atoms with Crippen molar-refractivity contribution < 1.29 is 4.79 Å². The number of hydrogen-bond donors (Lipinski definition) is 1. The van der Waals surface area contributed by atoms with Crippen molar-refractivity contribution in [3.8, 4) is 0 Å². The number of carbonyl (C=O) groups is 1. The number of amides is 1. The molecule has 0 aliphatic heterocycles. The largest absolute Gasteiger partial charge is 0.273 e. The van der Waals surface area contributed by atoms with E-state index in [9.17, 15) is 4.79 Å². The molecule has 2 aliphatic carbocycles. The SMILES string of the molecule is O=C(NN=Cc1ccc(Cl)cc1)C1C2CCCCC21. The van der Waals surface area contributed by atoms with Gasteiger partial charge in [0.1, 0.15) is 0 Å². The molecule has 3 rings (SSSR count). The fraction of sp³-hybridized carbons (Fsp3) is 0.467. The fourth-order valence-corrected chi connectivity index (χ4v) is 3.30. The summed E-state index contributed by atoms with van der Waals surface area (Å²) in [6, 6.07) is 7.35. The minimum absolute atomic E-state index is 0.0853. The highest BCUT2D eigenvalue weighted by Gasteiger charge is 2.54. The Morgan fingerprint density at radius 2 is 1.84 bits per heavy atom. The average Bonchev–Trinajstić information content (AvgIpc) is 3.15. The first-order chi connectivity index (χ1) is 9.25. The lowest BCUT2D eigenvalue weighted by Gasteiger charge is -2.04. The van der Waals surface area contributed by atoms with E-state index >= 15 is 0 Å². The molecule has 0 saturated heterocycles. The number of carbonyl (C=O) groups excluding carboxylic acids is 1. The minimum Gasteiger partial charge on any atom is -0.273 e. The summed E-state index contributed by atoms with van der Waals surface area (Å²) >= 11 is 5.80. The van der Waals surface area contributed by atoms with Gasteiger partial charge in [0, 0.05) is 10.9 Å². The van der Waals surface area contributed by atoms with Crippen molar-refractivity contribution in [2.75, 3.05) is 0 Å². The van der Waals surface area contributed by atoms with E-state index in [1.807, 2.05) is 12.1 Å². The third kappa shape index (κ3) is 2.81. The van der Waals surface area contributed by atoms with E-state index in [1.54, 1.807) is 18.3 Å². The van der Waals surface area contributed by atoms with E-state index in [1.165, 1.54) is 25.7 Å².